The predicted octanol–water partition coefficient (Wildman–Crippen LogP) is 2.86. The smallest absolute Gasteiger partial charge is 0.224 e. The van der Waals surface area contributed by atoms with Crippen molar-refractivity contribution in [1.82, 2.24) is 5.32 Å². The fraction of sp³-hybridized carbons (Fsp3) is 0.300. The van der Waals surface area contributed by atoms with Crippen LogP contribution in [0, 0.1) is 0 Å². The number of allylic oxidation sites excluding steroid dienone is 3. The third-order valence-electron chi connectivity index (χ3n) is 3.56. The third-order valence-corrected chi connectivity index (χ3v) is 3.56. The van der Waals surface area contributed by atoms with Crippen LogP contribution in [-0.4, -0.2) is 18.4 Å². The second-order valence-electron chi connectivity index (χ2n) is 5.84. The molecular weight excluding hydrogens is 328 g/mol. The number of nitrogen functional groups attached to an aromatic ring is 1. The Hall–Kier alpha value is -3.02. The van der Waals surface area contributed by atoms with E-state index in [0.717, 1.165) is 19.3 Å². The third kappa shape index (κ3) is 9.97. The molecule has 0 spiro atoms. The van der Waals surface area contributed by atoms with Gasteiger partial charge in [-0.15, -0.1) is 0 Å². The number of amides is 2. The molecule has 0 unspecified atom stereocenters. The van der Waals surface area contributed by atoms with Crippen molar-refractivity contribution >= 4 is 23.2 Å². The highest BCUT2D eigenvalue weighted by molar-refractivity contribution is 5.91. The largest absolute Gasteiger partial charge is 0.399 e. The van der Waals surface area contributed by atoms with Crippen molar-refractivity contribution in [3.05, 3.63) is 60.8 Å². The van der Waals surface area contributed by atoms with Gasteiger partial charge in [-0.1, -0.05) is 31.2 Å². The number of carbonyl (C=O) groups is 2. The summed E-state index contributed by atoms with van der Waals surface area (Å²) in [5, 5.41) is 5.61. The van der Waals surface area contributed by atoms with Gasteiger partial charge in [-0.25, -0.2) is 0 Å². The SMILES string of the molecule is C=C/C(N)=C\C=C/CNC(=O)CCCCCC(=O)Nc1cccc(N)c1. The maximum absolute atomic E-state index is 11.8. The second-order valence-corrected chi connectivity index (χ2v) is 5.84. The van der Waals surface area contributed by atoms with Crippen LogP contribution in [0.5, 0.6) is 0 Å². The lowest BCUT2D eigenvalue weighted by Gasteiger charge is -2.06. The first-order valence-electron chi connectivity index (χ1n) is 8.68. The first kappa shape index (κ1) is 21.0. The van der Waals surface area contributed by atoms with E-state index in [1.165, 1.54) is 0 Å². The van der Waals surface area contributed by atoms with E-state index in [1.54, 1.807) is 42.5 Å². The fourth-order valence-electron chi connectivity index (χ4n) is 2.16. The molecule has 1 aromatic rings. The molecule has 0 aliphatic carbocycles. The molecule has 6 heteroatoms. The van der Waals surface area contributed by atoms with Gasteiger partial charge in [-0.05, 0) is 43.2 Å². The molecule has 140 valence electrons. The number of carbonyl (C=O) groups excluding carboxylic acids is 2. The van der Waals surface area contributed by atoms with Crippen LogP contribution < -0.4 is 22.1 Å². The minimum absolute atomic E-state index is 0.000431. The Kier molecular flexibility index (Phi) is 9.99. The summed E-state index contributed by atoms with van der Waals surface area (Å²) in [6.07, 6.45) is 10.1. The van der Waals surface area contributed by atoms with E-state index in [2.05, 4.69) is 17.2 Å². The lowest BCUT2D eigenvalue weighted by molar-refractivity contribution is -0.121. The van der Waals surface area contributed by atoms with Crippen molar-refractivity contribution in [3.8, 4) is 0 Å². The van der Waals surface area contributed by atoms with Crippen LogP contribution in [0.25, 0.3) is 0 Å². The number of unbranched alkanes of at least 4 members (excludes halogenated alkanes) is 2. The van der Waals surface area contributed by atoms with Gasteiger partial charge in [-0.2, -0.15) is 0 Å². The molecule has 0 saturated heterocycles. The summed E-state index contributed by atoms with van der Waals surface area (Å²) >= 11 is 0. The summed E-state index contributed by atoms with van der Waals surface area (Å²) in [6, 6.07) is 7.08. The van der Waals surface area contributed by atoms with Crippen LogP contribution in [0.4, 0.5) is 11.4 Å². The minimum atomic E-state index is -0.0444. The molecule has 26 heavy (non-hydrogen) atoms. The van der Waals surface area contributed by atoms with Crippen molar-refractivity contribution < 1.29 is 9.59 Å². The summed E-state index contributed by atoms with van der Waals surface area (Å²) in [4.78, 5) is 23.5. The number of anilines is 2. The van der Waals surface area contributed by atoms with Crippen molar-refractivity contribution in [2.45, 2.75) is 32.1 Å². The van der Waals surface area contributed by atoms with Crippen LogP contribution in [0.1, 0.15) is 32.1 Å². The number of hydrogen-bond acceptors (Lipinski definition) is 4. The second kappa shape index (κ2) is 12.4. The molecule has 6 nitrogen and oxygen atoms in total. The molecule has 0 atom stereocenters. The van der Waals surface area contributed by atoms with Gasteiger partial charge >= 0.3 is 0 Å². The van der Waals surface area contributed by atoms with Crippen LogP contribution in [0.15, 0.2) is 60.8 Å². The zero-order valence-corrected chi connectivity index (χ0v) is 15.0. The van der Waals surface area contributed by atoms with E-state index in [-0.39, 0.29) is 11.8 Å². The molecule has 0 radical (unpaired) electrons. The van der Waals surface area contributed by atoms with Gasteiger partial charge < -0.3 is 22.1 Å². The highest BCUT2D eigenvalue weighted by Crippen LogP contribution is 2.12. The molecule has 0 heterocycles. The van der Waals surface area contributed by atoms with Crippen molar-refractivity contribution in [1.29, 1.82) is 0 Å². The van der Waals surface area contributed by atoms with Gasteiger partial charge in [0.2, 0.25) is 11.8 Å². The monoisotopic (exact) mass is 356 g/mol. The maximum atomic E-state index is 11.8. The van der Waals surface area contributed by atoms with Gasteiger partial charge in [0.05, 0.1) is 0 Å². The summed E-state index contributed by atoms with van der Waals surface area (Å²) in [6.45, 7) is 4.01. The van der Waals surface area contributed by atoms with Crippen molar-refractivity contribution in [2.24, 2.45) is 5.73 Å². The van der Waals surface area contributed by atoms with Gasteiger partial charge in [0.25, 0.3) is 0 Å². The van der Waals surface area contributed by atoms with Gasteiger partial charge in [0, 0.05) is 36.5 Å². The zero-order valence-electron chi connectivity index (χ0n) is 15.0. The summed E-state index contributed by atoms with van der Waals surface area (Å²) < 4.78 is 0. The van der Waals surface area contributed by atoms with Crippen molar-refractivity contribution in [2.75, 3.05) is 17.6 Å². The van der Waals surface area contributed by atoms with E-state index in [4.69, 9.17) is 11.5 Å². The Morgan fingerprint density at radius 3 is 2.54 bits per heavy atom. The molecule has 0 saturated carbocycles. The molecule has 1 aromatic carbocycles. The Labute approximate surface area is 155 Å². The molecule has 0 aromatic heterocycles. The first-order chi connectivity index (χ1) is 12.5. The van der Waals surface area contributed by atoms with Gasteiger partial charge in [0.1, 0.15) is 0 Å². The average Bonchev–Trinajstić information content (AvgIpc) is 2.60. The van der Waals surface area contributed by atoms with E-state index in [1.807, 2.05) is 6.08 Å². The van der Waals surface area contributed by atoms with E-state index < -0.39 is 0 Å². The van der Waals surface area contributed by atoms with E-state index >= 15 is 0 Å². The fourth-order valence-corrected chi connectivity index (χ4v) is 2.16. The molecule has 0 fully saturated rings. The molecule has 1 rings (SSSR count). The van der Waals surface area contributed by atoms with E-state index in [0.29, 0.717) is 36.5 Å². The van der Waals surface area contributed by atoms with Gasteiger partial charge in [-0.3, -0.25) is 9.59 Å². The topological polar surface area (TPSA) is 110 Å². The maximum Gasteiger partial charge on any atom is 0.224 e. The lowest BCUT2D eigenvalue weighted by Crippen LogP contribution is -2.22. The summed E-state index contributed by atoms with van der Waals surface area (Å²) in [7, 11) is 0. The molecule has 0 bridgehead atoms. The van der Waals surface area contributed by atoms with Crippen molar-refractivity contribution in [3.63, 3.8) is 0 Å². The van der Waals surface area contributed by atoms with Crippen LogP contribution in [-0.2, 0) is 9.59 Å². The zero-order chi connectivity index (χ0) is 19.2. The number of benzene rings is 1. The molecule has 2 amide bonds. The Morgan fingerprint density at radius 2 is 1.85 bits per heavy atom. The normalized spacial score (nSPS) is 11.3. The average molecular weight is 356 g/mol. The molecule has 6 N–H and O–H groups in total. The number of hydrogen-bond donors (Lipinski definition) is 4. The standard InChI is InChI=1S/C20H28N4O2/c1-2-16(21)9-6-7-14-23-19(25)12-4-3-5-13-20(26)24-18-11-8-10-17(22)15-18/h2,6-11,15H,1,3-5,12-14,21-22H2,(H,23,25)(H,24,26)/b7-6-,16-9+. The summed E-state index contributed by atoms with van der Waals surface area (Å²) in [5.41, 5.74) is 13.1. The van der Waals surface area contributed by atoms with Crippen LogP contribution in [0.3, 0.4) is 0 Å². The Bertz CT molecular complexity index is 666. The highest BCUT2D eigenvalue weighted by atomic mass is 16.2. The van der Waals surface area contributed by atoms with Crippen LogP contribution >= 0.6 is 0 Å². The molecule has 0 aliphatic heterocycles. The van der Waals surface area contributed by atoms with Crippen LogP contribution in [0.2, 0.25) is 0 Å². The molecule has 0 aliphatic rings. The Morgan fingerprint density at radius 1 is 1.12 bits per heavy atom. The summed E-state index contributed by atoms with van der Waals surface area (Å²) in [5.74, 6) is -0.0448. The Balaban J connectivity index is 2.08. The first-order valence-corrected chi connectivity index (χ1v) is 8.68. The van der Waals surface area contributed by atoms with E-state index in [9.17, 15) is 9.59 Å². The quantitative estimate of drug-likeness (QED) is 0.277. The highest BCUT2D eigenvalue weighted by Gasteiger charge is 2.04. The number of nitrogens with one attached hydrogen (secondary N) is 2. The lowest BCUT2D eigenvalue weighted by atomic mass is 10.1. The minimum Gasteiger partial charge on any atom is -0.399 e. The predicted molar refractivity (Wildman–Crippen MR) is 107 cm³/mol. The number of nitrogens with two attached hydrogens (primary N) is 2. The number of rotatable bonds is 11. The van der Waals surface area contributed by atoms with Gasteiger partial charge in [0.15, 0.2) is 0 Å². The molecular formula is C20H28N4O2.